The lowest BCUT2D eigenvalue weighted by Gasteiger charge is -1.97. The minimum Gasteiger partial charge on any atom is -0.298 e. The van der Waals surface area contributed by atoms with Gasteiger partial charge < -0.3 is 0 Å². The number of nitro groups is 1. The summed E-state index contributed by atoms with van der Waals surface area (Å²) < 4.78 is 0. The number of benzene rings is 1. The highest BCUT2D eigenvalue weighted by Gasteiger charge is 2.01. The van der Waals surface area contributed by atoms with Crippen LogP contribution in [0.4, 0.5) is 0 Å². The van der Waals surface area contributed by atoms with Gasteiger partial charge in [0, 0.05) is 17.2 Å². The molecule has 0 N–H and O–H groups in total. The van der Waals surface area contributed by atoms with E-state index in [-0.39, 0.29) is 11.1 Å². The number of hydrogen-bond acceptors (Lipinski definition) is 4. The maximum absolute atomic E-state index is 10.6. The summed E-state index contributed by atoms with van der Waals surface area (Å²) in [6, 6.07) is 4.38. The Morgan fingerprint density at radius 2 is 1.80 bits per heavy atom. The first-order chi connectivity index (χ1) is 7.17. The number of carbonyl (C=O) groups excluding carboxylic acids is 2. The van der Waals surface area contributed by atoms with E-state index in [1.165, 1.54) is 24.3 Å². The topological polar surface area (TPSA) is 77.3 Å². The second-order valence-corrected chi connectivity index (χ2v) is 2.73. The molecule has 0 heterocycles. The van der Waals surface area contributed by atoms with Gasteiger partial charge in [-0.2, -0.15) is 0 Å². The molecule has 0 saturated heterocycles. The molecule has 15 heavy (non-hydrogen) atoms. The van der Waals surface area contributed by atoms with Crippen LogP contribution in [0.5, 0.6) is 0 Å². The summed E-state index contributed by atoms with van der Waals surface area (Å²) in [7, 11) is 0. The third kappa shape index (κ3) is 2.84. The summed E-state index contributed by atoms with van der Waals surface area (Å²) in [5.74, 6) is 0. The van der Waals surface area contributed by atoms with Crippen LogP contribution in [0.15, 0.2) is 24.4 Å². The summed E-state index contributed by atoms with van der Waals surface area (Å²) in [5, 5.41) is 10.0. The normalized spacial score (nSPS) is 10.1. The first-order valence-corrected chi connectivity index (χ1v) is 4.03. The molecule has 0 amide bonds. The van der Waals surface area contributed by atoms with Gasteiger partial charge in [0.1, 0.15) is 0 Å². The lowest BCUT2D eigenvalue weighted by Crippen LogP contribution is -1.91. The second kappa shape index (κ2) is 4.80. The molecular weight excluding hydrogens is 198 g/mol. The molecule has 0 aliphatic heterocycles. The predicted octanol–water partition coefficient (Wildman–Crippen LogP) is 1.56. The zero-order valence-corrected chi connectivity index (χ0v) is 7.62. The fraction of sp³-hybridized carbons (Fsp3) is 0. The lowest BCUT2D eigenvalue weighted by molar-refractivity contribution is -0.400. The summed E-state index contributed by atoms with van der Waals surface area (Å²) in [4.78, 5) is 30.5. The maximum Gasteiger partial charge on any atom is 0.235 e. The largest absolute Gasteiger partial charge is 0.298 e. The van der Waals surface area contributed by atoms with E-state index in [1.54, 1.807) is 0 Å². The van der Waals surface area contributed by atoms with Gasteiger partial charge in [-0.1, -0.05) is 12.1 Å². The molecular formula is C10H7NO4. The lowest BCUT2D eigenvalue weighted by atomic mass is 10.1. The Morgan fingerprint density at radius 3 is 2.33 bits per heavy atom. The van der Waals surface area contributed by atoms with Gasteiger partial charge in [-0.25, -0.2) is 0 Å². The Balaban J connectivity index is 3.08. The number of carbonyl (C=O) groups is 2. The van der Waals surface area contributed by atoms with Crippen molar-refractivity contribution in [3.05, 3.63) is 51.2 Å². The molecule has 0 radical (unpaired) electrons. The van der Waals surface area contributed by atoms with Crippen molar-refractivity contribution in [1.29, 1.82) is 0 Å². The van der Waals surface area contributed by atoms with Crippen molar-refractivity contribution in [2.24, 2.45) is 0 Å². The highest BCUT2D eigenvalue weighted by Crippen LogP contribution is 2.09. The van der Waals surface area contributed by atoms with Crippen LogP contribution in [0.1, 0.15) is 26.3 Å². The van der Waals surface area contributed by atoms with Crippen LogP contribution in [0.3, 0.4) is 0 Å². The molecule has 0 saturated carbocycles. The highest BCUT2D eigenvalue weighted by molar-refractivity contribution is 5.91. The Labute approximate surface area is 85.2 Å². The number of nitrogens with zero attached hydrogens (tertiary/aromatic N) is 1. The van der Waals surface area contributed by atoms with Crippen LogP contribution < -0.4 is 0 Å². The zero-order valence-electron chi connectivity index (χ0n) is 7.62. The molecule has 5 heteroatoms. The first kappa shape index (κ1) is 10.8. The van der Waals surface area contributed by atoms with Crippen molar-refractivity contribution in [3.8, 4) is 0 Å². The number of rotatable bonds is 4. The van der Waals surface area contributed by atoms with E-state index < -0.39 is 4.92 Å². The van der Waals surface area contributed by atoms with Gasteiger partial charge in [0.25, 0.3) is 0 Å². The fourth-order valence-electron chi connectivity index (χ4n) is 1.05. The monoisotopic (exact) mass is 205 g/mol. The number of hydrogen-bond donors (Lipinski definition) is 0. The van der Waals surface area contributed by atoms with E-state index in [0.717, 1.165) is 6.20 Å². The van der Waals surface area contributed by atoms with Crippen molar-refractivity contribution in [2.45, 2.75) is 0 Å². The summed E-state index contributed by atoms with van der Waals surface area (Å²) in [6.07, 6.45) is 3.12. The van der Waals surface area contributed by atoms with Crippen molar-refractivity contribution in [1.82, 2.24) is 0 Å². The Bertz CT molecular complexity index is 437. The third-order valence-corrected chi connectivity index (χ3v) is 1.75. The molecule has 0 unspecified atom stereocenters. The van der Waals surface area contributed by atoms with Gasteiger partial charge in [-0.05, 0) is 11.6 Å². The van der Waals surface area contributed by atoms with Crippen LogP contribution in [-0.4, -0.2) is 17.5 Å². The molecule has 0 aliphatic carbocycles. The second-order valence-electron chi connectivity index (χ2n) is 2.73. The van der Waals surface area contributed by atoms with Gasteiger partial charge >= 0.3 is 0 Å². The van der Waals surface area contributed by atoms with E-state index in [0.29, 0.717) is 18.1 Å². The average Bonchev–Trinajstić information content (AvgIpc) is 2.25. The Kier molecular flexibility index (Phi) is 3.45. The molecule has 0 bridgehead atoms. The molecule has 1 aromatic rings. The van der Waals surface area contributed by atoms with Gasteiger partial charge in [-0.15, -0.1) is 0 Å². The highest BCUT2D eigenvalue weighted by atomic mass is 16.6. The predicted molar refractivity (Wildman–Crippen MR) is 53.2 cm³/mol. The van der Waals surface area contributed by atoms with Gasteiger partial charge in [0.05, 0.1) is 4.92 Å². The molecule has 5 nitrogen and oxygen atoms in total. The summed E-state index contributed by atoms with van der Waals surface area (Å²) in [6.45, 7) is 0. The van der Waals surface area contributed by atoms with Crippen molar-refractivity contribution < 1.29 is 14.5 Å². The van der Waals surface area contributed by atoms with Gasteiger partial charge in [-0.3, -0.25) is 19.7 Å². The average molecular weight is 205 g/mol. The van der Waals surface area contributed by atoms with Crippen LogP contribution in [0, 0.1) is 10.1 Å². The Hall–Kier alpha value is -2.30. The number of aldehydes is 2. The van der Waals surface area contributed by atoms with Crippen LogP contribution >= 0.6 is 0 Å². The molecule has 0 fully saturated rings. The quantitative estimate of drug-likeness (QED) is 0.424. The molecule has 0 atom stereocenters. The summed E-state index contributed by atoms with van der Waals surface area (Å²) >= 11 is 0. The fourth-order valence-corrected chi connectivity index (χ4v) is 1.05. The van der Waals surface area contributed by atoms with Crippen molar-refractivity contribution >= 4 is 18.6 Å². The molecule has 76 valence electrons. The third-order valence-electron chi connectivity index (χ3n) is 1.75. The Morgan fingerprint density at radius 1 is 1.13 bits per heavy atom. The first-order valence-electron chi connectivity index (χ1n) is 4.03. The van der Waals surface area contributed by atoms with Crippen LogP contribution in [0.2, 0.25) is 0 Å². The van der Waals surface area contributed by atoms with E-state index in [4.69, 9.17) is 0 Å². The maximum atomic E-state index is 10.6. The minimum atomic E-state index is -0.603. The zero-order chi connectivity index (χ0) is 11.3. The molecule has 0 aromatic heterocycles. The van der Waals surface area contributed by atoms with Gasteiger partial charge in [0.15, 0.2) is 12.6 Å². The van der Waals surface area contributed by atoms with E-state index in [1.807, 2.05) is 0 Å². The van der Waals surface area contributed by atoms with E-state index >= 15 is 0 Å². The molecule has 1 rings (SSSR count). The molecule has 1 aromatic carbocycles. The smallest absolute Gasteiger partial charge is 0.235 e. The standard InChI is InChI=1S/C10H7NO4/c12-6-9-2-1-8(3-4-11(14)15)5-10(9)7-13/h1-7H. The molecule has 0 aliphatic rings. The minimum absolute atomic E-state index is 0.218. The summed E-state index contributed by atoms with van der Waals surface area (Å²) in [5.41, 5.74) is 0.984. The van der Waals surface area contributed by atoms with E-state index in [9.17, 15) is 19.7 Å². The molecule has 0 spiro atoms. The van der Waals surface area contributed by atoms with Crippen molar-refractivity contribution in [2.75, 3.05) is 0 Å². The van der Waals surface area contributed by atoms with Gasteiger partial charge in [0.2, 0.25) is 6.20 Å². The van der Waals surface area contributed by atoms with E-state index in [2.05, 4.69) is 0 Å². The van der Waals surface area contributed by atoms with Crippen LogP contribution in [-0.2, 0) is 0 Å². The van der Waals surface area contributed by atoms with Crippen LogP contribution in [0.25, 0.3) is 6.08 Å². The van der Waals surface area contributed by atoms with Crippen molar-refractivity contribution in [3.63, 3.8) is 0 Å². The SMILES string of the molecule is O=Cc1ccc(C=C[N+](=O)[O-])cc1C=O.